The molecule has 41 heavy (non-hydrogen) atoms. The Bertz CT molecular complexity index is 1590. The van der Waals surface area contributed by atoms with E-state index in [0.717, 1.165) is 4.90 Å². The molecule has 4 heterocycles. The summed E-state index contributed by atoms with van der Waals surface area (Å²) in [5.74, 6) is -2.12. The van der Waals surface area contributed by atoms with Gasteiger partial charge in [-0.2, -0.15) is 18.3 Å². The van der Waals surface area contributed by atoms with Crippen molar-refractivity contribution in [3.8, 4) is 11.3 Å². The average Bonchev–Trinajstić information content (AvgIpc) is 3.44. The first-order chi connectivity index (χ1) is 19.5. The first-order valence-electron chi connectivity index (χ1n) is 13.2. The second kappa shape index (κ2) is 9.82. The fourth-order valence-electron chi connectivity index (χ4n) is 5.59. The summed E-state index contributed by atoms with van der Waals surface area (Å²) in [6, 6.07) is 8.43. The van der Waals surface area contributed by atoms with E-state index in [-0.39, 0.29) is 47.2 Å². The minimum absolute atomic E-state index is 0.0408. The summed E-state index contributed by atoms with van der Waals surface area (Å²) in [7, 11) is 0. The largest absolute Gasteiger partial charge is 0.435 e. The third-order valence-electron chi connectivity index (χ3n) is 7.78. The van der Waals surface area contributed by atoms with Gasteiger partial charge in [-0.05, 0) is 62.4 Å². The summed E-state index contributed by atoms with van der Waals surface area (Å²) in [5, 5.41) is 9.29. The maximum atomic E-state index is 13.7. The minimum Gasteiger partial charge on any atom is -0.385 e. The van der Waals surface area contributed by atoms with Crippen LogP contribution in [0.25, 0.3) is 11.3 Å². The maximum Gasteiger partial charge on any atom is 0.435 e. The molecule has 13 heteroatoms. The highest BCUT2D eigenvalue weighted by Crippen LogP contribution is 2.42. The predicted molar refractivity (Wildman–Crippen MR) is 139 cm³/mol. The molecule has 1 saturated heterocycles. The third kappa shape index (κ3) is 4.85. The Labute approximate surface area is 231 Å². The molecule has 212 valence electrons. The molecular formula is C28H25F3N6O4. The second-order valence-electron chi connectivity index (χ2n) is 10.6. The van der Waals surface area contributed by atoms with Crippen LogP contribution < -0.4 is 10.6 Å². The van der Waals surface area contributed by atoms with Gasteiger partial charge in [0, 0.05) is 30.5 Å². The summed E-state index contributed by atoms with van der Waals surface area (Å²) < 4.78 is 42.6. The number of carbonyl (C=O) groups is 4. The van der Waals surface area contributed by atoms with Crippen LogP contribution in [0.3, 0.4) is 0 Å². The van der Waals surface area contributed by atoms with Crippen LogP contribution in [0.2, 0.25) is 0 Å². The molecule has 3 aliphatic rings. The number of hydrogen-bond acceptors (Lipinski definition) is 7. The summed E-state index contributed by atoms with van der Waals surface area (Å²) >= 11 is 0. The summed E-state index contributed by atoms with van der Waals surface area (Å²) in [6.07, 6.45) is -1.86. The highest BCUT2D eigenvalue weighted by molar-refractivity contribution is 6.23. The Morgan fingerprint density at radius 3 is 2.49 bits per heavy atom. The van der Waals surface area contributed by atoms with Crippen LogP contribution in [-0.4, -0.2) is 55.9 Å². The smallest absolute Gasteiger partial charge is 0.385 e. The van der Waals surface area contributed by atoms with Crippen molar-refractivity contribution in [2.24, 2.45) is 5.92 Å². The average molecular weight is 567 g/mol. The van der Waals surface area contributed by atoms with Crippen molar-refractivity contribution >= 4 is 29.3 Å². The van der Waals surface area contributed by atoms with Crippen molar-refractivity contribution in [1.82, 2.24) is 25.0 Å². The lowest BCUT2D eigenvalue weighted by Gasteiger charge is -2.35. The molecule has 1 aliphatic carbocycles. The Hall–Kier alpha value is -4.55. The molecule has 2 aromatic heterocycles. The van der Waals surface area contributed by atoms with Gasteiger partial charge in [0.15, 0.2) is 5.69 Å². The van der Waals surface area contributed by atoms with E-state index in [0.29, 0.717) is 30.8 Å². The number of aryl methyl sites for hydroxylation is 1. The van der Waals surface area contributed by atoms with Crippen molar-refractivity contribution in [3.63, 3.8) is 0 Å². The molecule has 2 fully saturated rings. The second-order valence-corrected chi connectivity index (χ2v) is 10.6. The van der Waals surface area contributed by atoms with Gasteiger partial charge in [-0.3, -0.25) is 39.1 Å². The Morgan fingerprint density at radius 1 is 1.02 bits per heavy atom. The number of amides is 4. The van der Waals surface area contributed by atoms with Gasteiger partial charge in [-0.25, -0.2) is 0 Å². The molecule has 0 spiro atoms. The van der Waals surface area contributed by atoms with E-state index >= 15 is 0 Å². The minimum atomic E-state index is -4.61. The summed E-state index contributed by atoms with van der Waals surface area (Å²) in [6.45, 7) is 2.22. The monoisotopic (exact) mass is 566 g/mol. The van der Waals surface area contributed by atoms with E-state index in [2.05, 4.69) is 20.7 Å². The van der Waals surface area contributed by atoms with E-state index < -0.39 is 41.5 Å². The summed E-state index contributed by atoms with van der Waals surface area (Å²) in [5.41, 5.74) is 0.787. The summed E-state index contributed by atoms with van der Waals surface area (Å²) in [4.78, 5) is 54.8. The van der Waals surface area contributed by atoms with Gasteiger partial charge in [0.25, 0.3) is 11.8 Å². The number of nitrogens with zero attached hydrogens (tertiary/aromatic N) is 4. The Morgan fingerprint density at radius 2 is 1.78 bits per heavy atom. The fourth-order valence-corrected chi connectivity index (χ4v) is 5.59. The molecular weight excluding hydrogens is 541 g/mol. The van der Waals surface area contributed by atoms with Gasteiger partial charge in [-0.15, -0.1) is 0 Å². The molecule has 4 amide bonds. The first-order valence-corrected chi connectivity index (χ1v) is 13.2. The molecule has 10 nitrogen and oxygen atoms in total. The normalized spacial score (nSPS) is 22.4. The zero-order chi connectivity index (χ0) is 29.1. The quantitative estimate of drug-likeness (QED) is 0.436. The number of anilines is 1. The number of aromatic nitrogens is 3. The molecule has 0 radical (unpaired) electrons. The number of nitrogens with one attached hydrogen (secondary N) is 2. The van der Waals surface area contributed by atoms with Crippen LogP contribution in [0, 0.1) is 12.8 Å². The van der Waals surface area contributed by atoms with Crippen LogP contribution in [0.4, 0.5) is 18.9 Å². The fraction of sp³-hybridized carbons (Fsp3) is 0.357. The Balaban J connectivity index is 1.10. The SMILES string of the molecule is Cc1cccc(-c2cn([C@H]3C[C@H](CNc4ccc5c(c4)C(=O)N(C4CCC(=O)NC4=O)C5=O)C3)nc2C(F)(F)F)n1. The zero-order valence-corrected chi connectivity index (χ0v) is 21.9. The zero-order valence-electron chi connectivity index (χ0n) is 21.9. The lowest BCUT2D eigenvalue weighted by molar-refractivity contribution is -0.141. The van der Waals surface area contributed by atoms with Crippen molar-refractivity contribution in [2.75, 3.05) is 11.9 Å². The Kier molecular flexibility index (Phi) is 6.39. The highest BCUT2D eigenvalue weighted by atomic mass is 19.4. The maximum absolute atomic E-state index is 13.7. The number of hydrogen-bond donors (Lipinski definition) is 2. The van der Waals surface area contributed by atoms with E-state index in [4.69, 9.17) is 0 Å². The predicted octanol–water partition coefficient (Wildman–Crippen LogP) is 3.74. The van der Waals surface area contributed by atoms with E-state index in [1.54, 1.807) is 31.2 Å². The van der Waals surface area contributed by atoms with Gasteiger partial charge >= 0.3 is 6.18 Å². The van der Waals surface area contributed by atoms with Gasteiger partial charge < -0.3 is 5.32 Å². The van der Waals surface area contributed by atoms with E-state index in [1.807, 2.05) is 0 Å². The first kappa shape index (κ1) is 26.7. The van der Waals surface area contributed by atoms with Crippen LogP contribution >= 0.6 is 0 Å². The van der Waals surface area contributed by atoms with E-state index in [1.165, 1.54) is 23.0 Å². The number of carbonyl (C=O) groups excluding carboxylic acids is 4. The van der Waals surface area contributed by atoms with Gasteiger partial charge in [0.2, 0.25) is 11.8 Å². The number of pyridine rings is 1. The van der Waals surface area contributed by atoms with Crippen LogP contribution in [0.15, 0.2) is 42.6 Å². The molecule has 1 unspecified atom stereocenters. The molecule has 1 aromatic carbocycles. The number of imide groups is 2. The lowest BCUT2D eigenvalue weighted by atomic mass is 9.80. The molecule has 6 rings (SSSR count). The molecule has 0 bridgehead atoms. The van der Waals surface area contributed by atoms with Crippen LogP contribution in [0.5, 0.6) is 0 Å². The molecule has 3 aromatic rings. The van der Waals surface area contributed by atoms with Gasteiger partial charge in [-0.1, -0.05) is 6.07 Å². The number of halogens is 3. The number of alkyl halides is 3. The third-order valence-corrected chi connectivity index (χ3v) is 7.78. The number of piperidine rings is 1. The highest BCUT2D eigenvalue weighted by Gasteiger charge is 2.45. The molecule has 1 atom stereocenters. The van der Waals surface area contributed by atoms with Crippen molar-refractivity contribution in [3.05, 3.63) is 65.1 Å². The lowest BCUT2D eigenvalue weighted by Crippen LogP contribution is -2.54. The number of rotatable bonds is 6. The topological polar surface area (TPSA) is 126 Å². The van der Waals surface area contributed by atoms with Crippen molar-refractivity contribution in [1.29, 1.82) is 0 Å². The molecule has 2 aliphatic heterocycles. The molecule has 1 saturated carbocycles. The van der Waals surface area contributed by atoms with Crippen molar-refractivity contribution < 1.29 is 32.3 Å². The van der Waals surface area contributed by atoms with Gasteiger partial charge in [0.1, 0.15) is 6.04 Å². The molecule has 2 N–H and O–H groups in total. The van der Waals surface area contributed by atoms with Gasteiger partial charge in [0.05, 0.1) is 28.4 Å². The van der Waals surface area contributed by atoms with Crippen molar-refractivity contribution in [2.45, 2.75) is 50.9 Å². The van der Waals surface area contributed by atoms with Crippen LogP contribution in [0.1, 0.15) is 63.8 Å². The standard InChI is InChI=1S/C28H25F3N6O4/c1-14-3-2-4-21(33-14)20-13-36(35-24(20)28(29,30)31)17-9-15(10-17)12-32-16-5-6-18-19(11-16)27(41)37(26(18)40)22-7-8-23(38)34-25(22)39/h2-6,11,13,15,17,22,32H,7-10,12H2,1H3,(H,34,38,39)/t15-,17-,22?. The van der Waals surface area contributed by atoms with E-state index in [9.17, 15) is 32.3 Å². The number of benzene rings is 1. The van der Waals surface area contributed by atoms with Crippen LogP contribution in [-0.2, 0) is 15.8 Å². The number of fused-ring (bicyclic) bond motifs is 1.